The average Bonchev–Trinajstić information content (AvgIpc) is 2.03. The largest absolute Gasteiger partial charge is 0.370 e. The maximum atomic E-state index is 10.6. The number of hydrogen-bond donors (Lipinski definition) is 2. The van der Waals surface area contributed by atoms with Crippen LogP contribution in [0.15, 0.2) is 22.9 Å². The van der Waals surface area contributed by atoms with Crippen molar-refractivity contribution < 1.29 is 4.79 Å². The van der Waals surface area contributed by atoms with Crippen molar-refractivity contribution in [2.45, 2.75) is 12.5 Å². The summed E-state index contributed by atoms with van der Waals surface area (Å²) in [5.41, 5.74) is 11.6. The van der Waals surface area contributed by atoms with Gasteiger partial charge in [0.15, 0.2) is 0 Å². The lowest BCUT2D eigenvalue weighted by molar-refractivity contribution is -0.118. The van der Waals surface area contributed by atoms with E-state index in [9.17, 15) is 4.79 Å². The average molecular weight is 244 g/mol. The van der Waals surface area contributed by atoms with E-state index < -0.39 is 5.91 Å². The molecule has 0 aromatic carbocycles. The van der Waals surface area contributed by atoms with Gasteiger partial charge in [-0.25, -0.2) is 0 Å². The highest BCUT2D eigenvalue weighted by molar-refractivity contribution is 9.10. The van der Waals surface area contributed by atoms with E-state index in [0.717, 1.165) is 10.0 Å². The van der Waals surface area contributed by atoms with Crippen LogP contribution in [0.25, 0.3) is 0 Å². The van der Waals surface area contributed by atoms with Crippen LogP contribution in [0.2, 0.25) is 0 Å². The molecule has 1 amide bonds. The molecule has 4 nitrogen and oxygen atoms in total. The van der Waals surface area contributed by atoms with E-state index in [-0.39, 0.29) is 12.5 Å². The molecule has 5 heteroatoms. The molecular formula is C8H10BrN3O. The zero-order chi connectivity index (χ0) is 9.84. The van der Waals surface area contributed by atoms with Gasteiger partial charge in [0.25, 0.3) is 0 Å². The SMILES string of the molecule is NC(=O)C[C@H](N)c1ccncc1Br. The van der Waals surface area contributed by atoms with E-state index >= 15 is 0 Å². The third kappa shape index (κ3) is 2.78. The molecule has 0 fully saturated rings. The molecule has 1 rings (SSSR count). The van der Waals surface area contributed by atoms with E-state index in [0.29, 0.717) is 0 Å². The molecule has 1 heterocycles. The summed E-state index contributed by atoms with van der Waals surface area (Å²) in [6.45, 7) is 0. The van der Waals surface area contributed by atoms with Crippen molar-refractivity contribution in [3.8, 4) is 0 Å². The zero-order valence-electron chi connectivity index (χ0n) is 6.90. The molecule has 0 spiro atoms. The number of nitrogens with zero attached hydrogens (tertiary/aromatic N) is 1. The molecule has 1 aromatic rings. The molecule has 1 aromatic heterocycles. The predicted molar refractivity (Wildman–Crippen MR) is 52.7 cm³/mol. The molecular weight excluding hydrogens is 234 g/mol. The summed E-state index contributed by atoms with van der Waals surface area (Å²) < 4.78 is 0.795. The minimum absolute atomic E-state index is 0.141. The summed E-state index contributed by atoms with van der Waals surface area (Å²) in [6.07, 6.45) is 3.40. The van der Waals surface area contributed by atoms with Crippen LogP contribution < -0.4 is 11.5 Å². The Morgan fingerprint density at radius 2 is 2.38 bits per heavy atom. The second-order valence-electron chi connectivity index (χ2n) is 2.67. The van der Waals surface area contributed by atoms with Gasteiger partial charge in [0, 0.05) is 29.3 Å². The van der Waals surface area contributed by atoms with Gasteiger partial charge in [-0.1, -0.05) is 0 Å². The van der Waals surface area contributed by atoms with Crippen LogP contribution in [-0.2, 0) is 4.79 Å². The number of hydrogen-bond acceptors (Lipinski definition) is 3. The van der Waals surface area contributed by atoms with E-state index in [1.54, 1.807) is 18.5 Å². The first-order valence-corrected chi connectivity index (χ1v) is 4.54. The molecule has 0 saturated carbocycles. The van der Waals surface area contributed by atoms with Crippen LogP contribution in [0, 0.1) is 0 Å². The van der Waals surface area contributed by atoms with Gasteiger partial charge in [-0.3, -0.25) is 9.78 Å². The maximum Gasteiger partial charge on any atom is 0.219 e. The van der Waals surface area contributed by atoms with Crippen LogP contribution in [0.1, 0.15) is 18.0 Å². The lowest BCUT2D eigenvalue weighted by Crippen LogP contribution is -2.20. The minimum Gasteiger partial charge on any atom is -0.370 e. The van der Waals surface area contributed by atoms with Gasteiger partial charge in [0.2, 0.25) is 5.91 Å². The van der Waals surface area contributed by atoms with Crippen molar-refractivity contribution in [1.29, 1.82) is 0 Å². The van der Waals surface area contributed by atoms with Crippen molar-refractivity contribution in [2.24, 2.45) is 11.5 Å². The summed E-state index contributed by atoms with van der Waals surface area (Å²) >= 11 is 3.29. The van der Waals surface area contributed by atoms with E-state index in [4.69, 9.17) is 11.5 Å². The molecule has 4 N–H and O–H groups in total. The Balaban J connectivity index is 2.82. The van der Waals surface area contributed by atoms with E-state index in [1.165, 1.54) is 0 Å². The Hall–Kier alpha value is -0.940. The Labute approximate surface area is 84.5 Å². The molecule has 0 aliphatic rings. The number of nitrogens with two attached hydrogens (primary N) is 2. The molecule has 70 valence electrons. The Morgan fingerprint density at radius 3 is 2.92 bits per heavy atom. The molecule has 0 aliphatic heterocycles. The molecule has 0 saturated heterocycles. The Morgan fingerprint density at radius 1 is 1.69 bits per heavy atom. The van der Waals surface area contributed by atoms with E-state index in [2.05, 4.69) is 20.9 Å². The van der Waals surface area contributed by atoms with Crippen LogP contribution in [0.5, 0.6) is 0 Å². The van der Waals surface area contributed by atoms with Crippen LogP contribution in [-0.4, -0.2) is 10.9 Å². The maximum absolute atomic E-state index is 10.6. The number of pyridine rings is 1. The fourth-order valence-corrected chi connectivity index (χ4v) is 1.56. The molecule has 1 atom stereocenters. The van der Waals surface area contributed by atoms with Gasteiger partial charge < -0.3 is 11.5 Å². The zero-order valence-corrected chi connectivity index (χ0v) is 8.49. The quantitative estimate of drug-likeness (QED) is 0.821. The number of halogens is 1. The van der Waals surface area contributed by atoms with Crippen molar-refractivity contribution in [1.82, 2.24) is 4.98 Å². The smallest absolute Gasteiger partial charge is 0.219 e. The van der Waals surface area contributed by atoms with Gasteiger partial charge in [-0.15, -0.1) is 0 Å². The standard InChI is InChI=1S/C8H10BrN3O/c9-6-4-12-2-1-5(6)7(10)3-8(11)13/h1-2,4,7H,3,10H2,(H2,11,13)/t7-/m0/s1. The number of aromatic nitrogens is 1. The Kier molecular flexibility index (Phi) is 3.39. The second-order valence-corrected chi connectivity index (χ2v) is 3.53. The first-order valence-electron chi connectivity index (χ1n) is 3.74. The fourth-order valence-electron chi connectivity index (χ4n) is 1.01. The number of rotatable bonds is 3. The van der Waals surface area contributed by atoms with Crippen molar-refractivity contribution in [3.05, 3.63) is 28.5 Å². The number of carbonyl (C=O) groups is 1. The summed E-state index contributed by atoms with van der Waals surface area (Å²) in [4.78, 5) is 14.5. The van der Waals surface area contributed by atoms with Gasteiger partial charge in [0.1, 0.15) is 0 Å². The van der Waals surface area contributed by atoms with Crippen LogP contribution >= 0.6 is 15.9 Å². The Bertz CT molecular complexity index is 316. The summed E-state index contributed by atoms with van der Waals surface area (Å²) in [5, 5.41) is 0. The molecule has 0 unspecified atom stereocenters. The van der Waals surface area contributed by atoms with Crippen LogP contribution in [0.3, 0.4) is 0 Å². The summed E-state index contributed by atoms with van der Waals surface area (Å²) in [5.74, 6) is -0.406. The first-order chi connectivity index (χ1) is 6.11. The third-order valence-electron chi connectivity index (χ3n) is 1.62. The fraction of sp³-hybridized carbons (Fsp3) is 0.250. The van der Waals surface area contributed by atoms with E-state index in [1.807, 2.05) is 0 Å². The van der Waals surface area contributed by atoms with Crippen molar-refractivity contribution in [3.63, 3.8) is 0 Å². The second kappa shape index (κ2) is 4.34. The van der Waals surface area contributed by atoms with Gasteiger partial charge in [0.05, 0.1) is 0 Å². The van der Waals surface area contributed by atoms with Gasteiger partial charge in [-0.2, -0.15) is 0 Å². The molecule has 0 radical (unpaired) electrons. The monoisotopic (exact) mass is 243 g/mol. The lowest BCUT2D eigenvalue weighted by atomic mass is 10.1. The number of primary amides is 1. The molecule has 0 bridgehead atoms. The highest BCUT2D eigenvalue weighted by Gasteiger charge is 2.11. The lowest BCUT2D eigenvalue weighted by Gasteiger charge is -2.10. The summed E-state index contributed by atoms with van der Waals surface area (Å²) in [7, 11) is 0. The number of amides is 1. The normalized spacial score (nSPS) is 12.5. The minimum atomic E-state index is -0.406. The predicted octanol–water partition coefficient (Wildman–Crippen LogP) is 0.719. The first kappa shape index (κ1) is 10.1. The van der Waals surface area contributed by atoms with Gasteiger partial charge >= 0.3 is 0 Å². The van der Waals surface area contributed by atoms with Crippen molar-refractivity contribution in [2.75, 3.05) is 0 Å². The third-order valence-corrected chi connectivity index (χ3v) is 2.29. The van der Waals surface area contributed by atoms with Gasteiger partial charge in [-0.05, 0) is 27.6 Å². The summed E-state index contributed by atoms with van der Waals surface area (Å²) in [6, 6.07) is 1.40. The molecule has 0 aliphatic carbocycles. The molecule has 13 heavy (non-hydrogen) atoms. The van der Waals surface area contributed by atoms with Crippen molar-refractivity contribution >= 4 is 21.8 Å². The number of carbonyl (C=O) groups excluding carboxylic acids is 1. The highest BCUT2D eigenvalue weighted by Crippen LogP contribution is 2.22. The highest BCUT2D eigenvalue weighted by atomic mass is 79.9. The van der Waals surface area contributed by atoms with Crippen LogP contribution in [0.4, 0.5) is 0 Å². The topological polar surface area (TPSA) is 82.0 Å².